The van der Waals surface area contributed by atoms with Gasteiger partial charge in [0.25, 0.3) is 0 Å². The Hall–Kier alpha value is 0.563. The Kier molecular flexibility index (Phi) is 4.69. The molecule has 1 nitrogen and oxygen atoms in total. The van der Waals surface area contributed by atoms with Crippen molar-refractivity contribution < 1.29 is 4.74 Å². The van der Waals surface area contributed by atoms with Crippen LogP contribution >= 0.6 is 15.9 Å². The van der Waals surface area contributed by atoms with Gasteiger partial charge in [0.15, 0.2) is 0 Å². The summed E-state index contributed by atoms with van der Waals surface area (Å²) >= 11 is 1.82. The van der Waals surface area contributed by atoms with Crippen LogP contribution in [0.15, 0.2) is 9.58 Å². The van der Waals surface area contributed by atoms with Gasteiger partial charge in [-0.15, -0.1) is 0 Å². The van der Waals surface area contributed by atoms with E-state index in [4.69, 9.17) is 4.74 Å². The predicted octanol–water partition coefficient (Wildman–Crippen LogP) is 3.14. The van der Waals surface area contributed by atoms with E-state index in [0.717, 1.165) is 11.3 Å². The van der Waals surface area contributed by atoms with Crippen molar-refractivity contribution in [2.45, 2.75) is 24.2 Å². The quantitative estimate of drug-likeness (QED) is 0.564. The molecule has 0 aromatic rings. The molecular weight excluding hydrogens is 253 g/mol. The van der Waals surface area contributed by atoms with Crippen molar-refractivity contribution in [1.29, 1.82) is 0 Å². The zero-order valence-electron chi connectivity index (χ0n) is 7.07. The monoisotopic (exact) mass is 268 g/mol. The molecule has 0 heterocycles. The first-order valence-corrected chi connectivity index (χ1v) is 11.8. The van der Waals surface area contributed by atoms with E-state index in [-0.39, 0.29) is 0 Å². The summed E-state index contributed by atoms with van der Waals surface area (Å²) in [5.74, 6) is 6.96. The Bertz CT molecular complexity index is 126. The van der Waals surface area contributed by atoms with Crippen LogP contribution in [0.2, 0.25) is 17.3 Å². The van der Waals surface area contributed by atoms with Gasteiger partial charge in [-0.25, -0.2) is 0 Å². The molecule has 0 rings (SSSR count). The number of hydrogen-bond donors (Lipinski definition) is 0. The molecule has 0 atom stereocenters. The van der Waals surface area contributed by atoms with Crippen LogP contribution in [0, 0.1) is 0 Å². The van der Waals surface area contributed by atoms with Gasteiger partial charge in [0.2, 0.25) is 0 Å². The van der Waals surface area contributed by atoms with E-state index in [1.165, 1.54) is 0 Å². The standard InChI is InChI=1S/C7H15BrGeO/c1-5-10-7(8)6-9(2,3)4/h6H,5H2,1-4H3/b7-6+. The fraction of sp³-hybridized carbons (Fsp3) is 0.714. The van der Waals surface area contributed by atoms with Gasteiger partial charge in [-0.3, -0.25) is 0 Å². The van der Waals surface area contributed by atoms with Gasteiger partial charge in [0.1, 0.15) is 0 Å². The van der Waals surface area contributed by atoms with Crippen molar-refractivity contribution in [2.24, 2.45) is 0 Å². The summed E-state index contributed by atoms with van der Waals surface area (Å²) in [5, 5.41) is 0. The normalized spacial score (nSPS) is 13.5. The predicted molar refractivity (Wildman–Crippen MR) is 52.0 cm³/mol. The second-order valence-electron chi connectivity index (χ2n) is 3.25. The molecule has 0 aliphatic heterocycles. The van der Waals surface area contributed by atoms with Crippen LogP contribution in [-0.2, 0) is 4.74 Å². The number of ether oxygens (including phenoxy) is 1. The van der Waals surface area contributed by atoms with Crippen molar-refractivity contribution in [2.75, 3.05) is 6.61 Å². The molecule has 0 spiro atoms. The Morgan fingerprint density at radius 1 is 1.50 bits per heavy atom. The number of hydrogen-bond acceptors (Lipinski definition) is 1. The van der Waals surface area contributed by atoms with Crippen LogP contribution < -0.4 is 0 Å². The van der Waals surface area contributed by atoms with Crippen LogP contribution in [0.1, 0.15) is 6.92 Å². The molecule has 0 aliphatic rings. The third kappa shape index (κ3) is 6.68. The van der Waals surface area contributed by atoms with Crippen LogP contribution in [-0.4, -0.2) is 19.9 Å². The minimum absolute atomic E-state index is 0.745. The topological polar surface area (TPSA) is 9.23 Å². The molecule has 3 heteroatoms. The maximum absolute atomic E-state index is 5.24. The summed E-state index contributed by atoms with van der Waals surface area (Å²) in [6.07, 6.45) is 0. The molecule has 0 fully saturated rings. The van der Waals surface area contributed by atoms with Crippen LogP contribution in [0.4, 0.5) is 0 Å². The molecule has 0 radical (unpaired) electrons. The minimum atomic E-state index is -1.54. The van der Waals surface area contributed by atoms with Gasteiger partial charge >= 0.3 is 74.3 Å². The van der Waals surface area contributed by atoms with Gasteiger partial charge < -0.3 is 0 Å². The first-order valence-electron chi connectivity index (χ1n) is 3.47. The van der Waals surface area contributed by atoms with Crippen molar-refractivity contribution in [3.8, 4) is 0 Å². The molecular formula is C7H15BrGeO. The average Bonchev–Trinajstić information content (AvgIpc) is 1.59. The summed E-state index contributed by atoms with van der Waals surface area (Å²) in [4.78, 5) is 2.24. The van der Waals surface area contributed by atoms with E-state index in [2.05, 4.69) is 38.1 Å². The summed E-state index contributed by atoms with van der Waals surface area (Å²) in [6.45, 7) is 2.74. The summed E-state index contributed by atoms with van der Waals surface area (Å²) in [5.41, 5.74) is 0. The van der Waals surface area contributed by atoms with Crippen molar-refractivity contribution >= 4 is 29.2 Å². The zero-order chi connectivity index (χ0) is 8.20. The van der Waals surface area contributed by atoms with Crippen molar-refractivity contribution in [3.05, 3.63) is 9.58 Å². The molecule has 0 aromatic heterocycles. The van der Waals surface area contributed by atoms with Crippen LogP contribution in [0.3, 0.4) is 0 Å². The Labute approximate surface area is 74.3 Å². The van der Waals surface area contributed by atoms with E-state index in [1.807, 2.05) is 6.92 Å². The van der Waals surface area contributed by atoms with Crippen LogP contribution in [0.25, 0.3) is 0 Å². The van der Waals surface area contributed by atoms with Crippen molar-refractivity contribution in [3.63, 3.8) is 0 Å². The molecule has 0 saturated heterocycles. The summed E-state index contributed by atoms with van der Waals surface area (Å²) in [7, 11) is 0. The Morgan fingerprint density at radius 2 is 2.00 bits per heavy atom. The molecule has 0 unspecified atom stereocenters. The van der Waals surface area contributed by atoms with Gasteiger partial charge in [0.05, 0.1) is 0 Å². The van der Waals surface area contributed by atoms with E-state index < -0.39 is 13.3 Å². The fourth-order valence-corrected chi connectivity index (χ4v) is 5.92. The molecule has 60 valence electrons. The summed E-state index contributed by atoms with van der Waals surface area (Å²) < 4.78 is 6.16. The fourth-order valence-electron chi connectivity index (χ4n) is 0.520. The number of halogens is 1. The maximum atomic E-state index is 5.24. The third-order valence-electron chi connectivity index (χ3n) is 0.829. The van der Waals surface area contributed by atoms with Gasteiger partial charge in [0, 0.05) is 0 Å². The Balaban J connectivity index is 3.90. The van der Waals surface area contributed by atoms with Gasteiger partial charge in [-0.1, -0.05) is 0 Å². The first kappa shape index (κ1) is 10.6. The van der Waals surface area contributed by atoms with E-state index in [1.54, 1.807) is 0 Å². The molecule has 0 aliphatic carbocycles. The average molecular weight is 268 g/mol. The Morgan fingerprint density at radius 3 is 2.30 bits per heavy atom. The molecule has 0 N–H and O–H groups in total. The first-order chi connectivity index (χ1) is 4.45. The molecule has 0 amide bonds. The SMILES string of the molecule is CCO/C(Br)=[CH]/[Ge]([CH3])([CH3])[CH3]. The zero-order valence-corrected chi connectivity index (χ0v) is 10.8. The molecule has 0 aromatic carbocycles. The number of rotatable bonds is 3. The second-order valence-corrected chi connectivity index (χ2v) is 14.6. The van der Waals surface area contributed by atoms with Gasteiger partial charge in [-0.2, -0.15) is 0 Å². The van der Waals surface area contributed by atoms with E-state index in [9.17, 15) is 0 Å². The molecule has 10 heavy (non-hydrogen) atoms. The third-order valence-corrected chi connectivity index (χ3v) is 4.54. The molecule has 0 bridgehead atoms. The second kappa shape index (κ2) is 4.44. The van der Waals surface area contributed by atoms with E-state index >= 15 is 0 Å². The van der Waals surface area contributed by atoms with E-state index in [0.29, 0.717) is 0 Å². The van der Waals surface area contributed by atoms with Crippen molar-refractivity contribution in [1.82, 2.24) is 0 Å². The summed E-state index contributed by atoms with van der Waals surface area (Å²) in [6, 6.07) is 0. The molecule has 0 saturated carbocycles. The van der Waals surface area contributed by atoms with Gasteiger partial charge in [-0.05, 0) is 0 Å². The van der Waals surface area contributed by atoms with Crippen LogP contribution in [0.5, 0.6) is 0 Å².